The number of hydrogen-bond acceptors (Lipinski definition) is 4. The van der Waals surface area contributed by atoms with Gasteiger partial charge in [-0.25, -0.2) is 12.8 Å². The average molecular weight is 471 g/mol. The zero-order valence-electron chi connectivity index (χ0n) is 18.8. The number of nitrogens with zero attached hydrogens (tertiary/aromatic N) is 1. The summed E-state index contributed by atoms with van der Waals surface area (Å²) in [6, 6.07) is 18.3. The number of benzene rings is 3. The lowest BCUT2D eigenvalue weighted by Crippen LogP contribution is -2.41. The molecule has 0 aromatic heterocycles. The van der Waals surface area contributed by atoms with Gasteiger partial charge in [0.2, 0.25) is 5.91 Å². The van der Waals surface area contributed by atoms with Crippen molar-refractivity contribution in [3.63, 3.8) is 0 Å². The largest absolute Gasteiger partial charge is 0.494 e. The van der Waals surface area contributed by atoms with E-state index in [1.165, 1.54) is 24.3 Å². The Morgan fingerprint density at radius 1 is 1.00 bits per heavy atom. The van der Waals surface area contributed by atoms with E-state index in [1.807, 2.05) is 45.0 Å². The van der Waals surface area contributed by atoms with Crippen LogP contribution in [-0.4, -0.2) is 27.5 Å². The average Bonchev–Trinajstić information content (AvgIpc) is 2.79. The summed E-state index contributed by atoms with van der Waals surface area (Å²) in [7, 11) is -4.06. The van der Waals surface area contributed by atoms with Crippen molar-refractivity contribution >= 4 is 21.6 Å². The molecule has 174 valence electrons. The van der Waals surface area contributed by atoms with Crippen LogP contribution < -0.4 is 14.4 Å². The van der Waals surface area contributed by atoms with Crippen LogP contribution in [0.4, 0.5) is 10.1 Å². The number of carbonyl (C=O) groups is 1. The summed E-state index contributed by atoms with van der Waals surface area (Å²) in [5.41, 5.74) is 1.95. The Labute approximate surface area is 194 Å². The Morgan fingerprint density at radius 2 is 1.61 bits per heavy atom. The highest BCUT2D eigenvalue weighted by atomic mass is 32.2. The number of nitrogens with one attached hydrogen (secondary N) is 1. The highest BCUT2D eigenvalue weighted by Crippen LogP contribution is 2.25. The van der Waals surface area contributed by atoms with Gasteiger partial charge in [0, 0.05) is 0 Å². The van der Waals surface area contributed by atoms with Crippen LogP contribution >= 0.6 is 0 Å². The zero-order chi connectivity index (χ0) is 24.0. The van der Waals surface area contributed by atoms with Crippen molar-refractivity contribution in [2.24, 2.45) is 0 Å². The van der Waals surface area contributed by atoms with E-state index in [2.05, 4.69) is 5.32 Å². The molecule has 0 aliphatic carbocycles. The normalized spacial score (nSPS) is 12.1. The molecule has 0 spiro atoms. The molecule has 3 rings (SSSR count). The predicted octanol–water partition coefficient (Wildman–Crippen LogP) is 4.61. The third-order valence-electron chi connectivity index (χ3n) is 5.08. The maximum absolute atomic E-state index is 13.5. The number of rotatable bonds is 9. The highest BCUT2D eigenvalue weighted by Gasteiger charge is 2.27. The molecule has 0 aliphatic heterocycles. The number of amides is 1. The second-order valence-electron chi connectivity index (χ2n) is 7.59. The number of hydrogen-bond donors (Lipinski definition) is 1. The van der Waals surface area contributed by atoms with Gasteiger partial charge in [-0.2, -0.15) is 0 Å². The Hall–Kier alpha value is -3.39. The summed E-state index contributed by atoms with van der Waals surface area (Å²) in [4.78, 5) is 12.9. The van der Waals surface area contributed by atoms with Crippen LogP contribution in [0.3, 0.4) is 0 Å². The van der Waals surface area contributed by atoms with E-state index < -0.39 is 28.3 Å². The van der Waals surface area contributed by atoms with E-state index in [9.17, 15) is 17.6 Å². The van der Waals surface area contributed by atoms with Crippen molar-refractivity contribution in [2.45, 2.75) is 31.7 Å². The molecule has 0 unspecified atom stereocenters. The van der Waals surface area contributed by atoms with Crippen LogP contribution in [0.15, 0.2) is 77.7 Å². The summed E-state index contributed by atoms with van der Waals surface area (Å²) < 4.78 is 46.6. The molecule has 0 fully saturated rings. The summed E-state index contributed by atoms with van der Waals surface area (Å²) in [5.74, 6) is -0.261. The molecule has 0 radical (unpaired) electrons. The monoisotopic (exact) mass is 470 g/mol. The maximum atomic E-state index is 13.5. The van der Waals surface area contributed by atoms with Gasteiger partial charge in [-0.05, 0) is 74.9 Å². The molecule has 0 saturated heterocycles. The van der Waals surface area contributed by atoms with Gasteiger partial charge in [-0.3, -0.25) is 9.10 Å². The van der Waals surface area contributed by atoms with Crippen molar-refractivity contribution in [3.8, 4) is 5.75 Å². The molecule has 0 aliphatic rings. The Balaban J connectivity index is 1.83. The molecule has 1 amide bonds. The first kappa shape index (κ1) is 24.3. The summed E-state index contributed by atoms with van der Waals surface area (Å²) in [5, 5.41) is 2.83. The molecular weight excluding hydrogens is 443 g/mol. The van der Waals surface area contributed by atoms with Crippen LogP contribution in [0.2, 0.25) is 0 Å². The lowest BCUT2D eigenvalue weighted by atomic mass is 10.1. The fraction of sp³-hybridized carbons (Fsp3) is 0.240. The number of anilines is 1. The van der Waals surface area contributed by atoms with Crippen molar-refractivity contribution < 1.29 is 22.3 Å². The SMILES string of the molecule is CCOc1ccc([C@@H](C)NC(=O)CN(c2ccc(F)cc2)S(=O)(=O)c2ccc(C)cc2)cc1. The van der Waals surface area contributed by atoms with Gasteiger partial charge in [-0.1, -0.05) is 29.8 Å². The standard InChI is InChI=1S/C25H27FN2O4S/c1-4-32-23-13-7-20(8-14-23)19(3)27-25(29)17-28(22-11-9-21(26)10-12-22)33(30,31)24-15-5-18(2)6-16-24/h5-16,19H,4,17H2,1-3H3,(H,27,29)/t19-/m1/s1. The Morgan fingerprint density at radius 3 is 2.18 bits per heavy atom. The first-order chi connectivity index (χ1) is 15.7. The number of ether oxygens (including phenoxy) is 1. The van der Waals surface area contributed by atoms with Gasteiger partial charge in [0.15, 0.2) is 0 Å². The third-order valence-corrected chi connectivity index (χ3v) is 6.87. The number of aryl methyl sites for hydroxylation is 1. The van der Waals surface area contributed by atoms with Crippen molar-refractivity contribution in [1.29, 1.82) is 0 Å². The number of halogens is 1. The molecule has 8 heteroatoms. The predicted molar refractivity (Wildman–Crippen MR) is 126 cm³/mol. The molecule has 3 aromatic rings. The fourth-order valence-corrected chi connectivity index (χ4v) is 4.70. The molecule has 0 heterocycles. The van der Waals surface area contributed by atoms with E-state index in [0.717, 1.165) is 33.3 Å². The highest BCUT2D eigenvalue weighted by molar-refractivity contribution is 7.92. The Bertz CT molecular complexity index is 1180. The van der Waals surface area contributed by atoms with Crippen LogP contribution in [0, 0.1) is 12.7 Å². The molecular formula is C25H27FN2O4S. The van der Waals surface area contributed by atoms with E-state index in [-0.39, 0.29) is 16.6 Å². The van der Waals surface area contributed by atoms with E-state index in [1.54, 1.807) is 12.1 Å². The molecule has 3 aromatic carbocycles. The van der Waals surface area contributed by atoms with Gasteiger partial charge in [0.1, 0.15) is 18.1 Å². The fourth-order valence-electron chi connectivity index (χ4n) is 3.28. The van der Waals surface area contributed by atoms with E-state index >= 15 is 0 Å². The molecule has 0 bridgehead atoms. The second-order valence-corrected chi connectivity index (χ2v) is 9.45. The zero-order valence-corrected chi connectivity index (χ0v) is 19.6. The van der Waals surface area contributed by atoms with Crippen LogP contribution in [-0.2, 0) is 14.8 Å². The van der Waals surface area contributed by atoms with Crippen molar-refractivity contribution in [3.05, 3.63) is 89.7 Å². The maximum Gasteiger partial charge on any atom is 0.264 e. The molecule has 1 atom stereocenters. The minimum Gasteiger partial charge on any atom is -0.494 e. The first-order valence-corrected chi connectivity index (χ1v) is 12.0. The topological polar surface area (TPSA) is 75.7 Å². The summed E-state index contributed by atoms with van der Waals surface area (Å²) in [6.45, 7) is 5.66. The van der Waals surface area contributed by atoms with Crippen molar-refractivity contribution in [2.75, 3.05) is 17.5 Å². The first-order valence-electron chi connectivity index (χ1n) is 10.6. The lowest BCUT2D eigenvalue weighted by Gasteiger charge is -2.25. The van der Waals surface area contributed by atoms with E-state index in [4.69, 9.17) is 4.74 Å². The minimum absolute atomic E-state index is 0.0461. The minimum atomic E-state index is -4.06. The molecule has 1 N–H and O–H groups in total. The third kappa shape index (κ3) is 6.10. The molecule has 33 heavy (non-hydrogen) atoms. The van der Waals surface area contributed by atoms with Gasteiger partial charge in [-0.15, -0.1) is 0 Å². The van der Waals surface area contributed by atoms with E-state index in [0.29, 0.717) is 6.61 Å². The number of carbonyl (C=O) groups excluding carboxylic acids is 1. The van der Waals surface area contributed by atoms with Crippen molar-refractivity contribution in [1.82, 2.24) is 5.32 Å². The van der Waals surface area contributed by atoms with Crippen LogP contribution in [0.1, 0.15) is 31.0 Å². The number of sulfonamides is 1. The van der Waals surface area contributed by atoms with Crippen LogP contribution in [0.5, 0.6) is 5.75 Å². The lowest BCUT2D eigenvalue weighted by molar-refractivity contribution is -0.120. The second kappa shape index (κ2) is 10.5. The van der Waals surface area contributed by atoms with Gasteiger partial charge in [0.05, 0.1) is 23.2 Å². The smallest absolute Gasteiger partial charge is 0.264 e. The van der Waals surface area contributed by atoms with Gasteiger partial charge < -0.3 is 10.1 Å². The van der Waals surface area contributed by atoms with Crippen LogP contribution in [0.25, 0.3) is 0 Å². The molecule has 6 nitrogen and oxygen atoms in total. The Kier molecular flexibility index (Phi) is 7.71. The van der Waals surface area contributed by atoms with Gasteiger partial charge >= 0.3 is 0 Å². The molecule has 0 saturated carbocycles. The summed E-state index contributed by atoms with van der Waals surface area (Å²) >= 11 is 0. The van der Waals surface area contributed by atoms with Gasteiger partial charge in [0.25, 0.3) is 10.0 Å². The quantitative estimate of drug-likeness (QED) is 0.496. The summed E-state index contributed by atoms with van der Waals surface area (Å²) in [6.07, 6.45) is 0.